The van der Waals surface area contributed by atoms with Crippen molar-refractivity contribution in [2.75, 3.05) is 13.7 Å². The van der Waals surface area contributed by atoms with Gasteiger partial charge in [0.15, 0.2) is 30.7 Å². The number of hydrogen-bond acceptors (Lipinski definition) is 10. The Morgan fingerprint density at radius 3 is 1.75 bits per heavy atom. The molecule has 160 valence electrons. The topological polar surface area (TPSA) is 124 Å². The Kier molecular flexibility index (Phi) is 9.22. The van der Waals surface area contributed by atoms with Crippen molar-refractivity contribution in [1.29, 1.82) is 0 Å². The minimum Gasteiger partial charge on any atom is -0.467 e. The SMILES string of the molecule is COC(=O)C1O[C@@H](OCC(Cl)(Cl)Cl)[C@@H](OC(C)=O)C(OC(C)=O)[C@@H]1OC(C)=O. The third-order valence-corrected chi connectivity index (χ3v) is 3.57. The van der Waals surface area contributed by atoms with Gasteiger partial charge in [0.05, 0.1) is 13.7 Å². The van der Waals surface area contributed by atoms with Crippen molar-refractivity contribution in [3.05, 3.63) is 0 Å². The summed E-state index contributed by atoms with van der Waals surface area (Å²) in [5.74, 6) is -3.40. The number of hydrogen-bond donors (Lipinski definition) is 0. The van der Waals surface area contributed by atoms with E-state index in [9.17, 15) is 19.2 Å². The second kappa shape index (κ2) is 10.4. The second-order valence-electron chi connectivity index (χ2n) is 5.60. The lowest BCUT2D eigenvalue weighted by Gasteiger charge is -2.43. The summed E-state index contributed by atoms with van der Waals surface area (Å²) in [4.78, 5) is 46.8. The molecule has 0 aromatic rings. The zero-order valence-electron chi connectivity index (χ0n) is 15.3. The van der Waals surface area contributed by atoms with Crippen molar-refractivity contribution >= 4 is 58.7 Å². The first kappa shape index (κ1) is 24.7. The Balaban J connectivity index is 3.34. The van der Waals surface area contributed by atoms with Gasteiger partial charge in [-0.15, -0.1) is 0 Å². The molecule has 0 aromatic heterocycles. The number of rotatable bonds is 6. The standard InChI is InChI=1S/C15H19Cl3O10/c1-6(19)25-9-10(26-7(2)20)12(27-8(3)21)14(24-5-15(16,17)18)28-11(9)13(22)23-4/h9-12,14H,5H2,1-4H3/t9-,10?,11?,12-,14+/m0/s1. The molecule has 1 aliphatic heterocycles. The first-order valence-electron chi connectivity index (χ1n) is 7.79. The molecule has 1 fully saturated rings. The molecule has 0 amide bonds. The van der Waals surface area contributed by atoms with E-state index < -0.39 is 65.0 Å². The lowest BCUT2D eigenvalue weighted by atomic mass is 9.97. The fourth-order valence-corrected chi connectivity index (χ4v) is 2.58. The third-order valence-electron chi connectivity index (χ3n) is 3.25. The maximum atomic E-state index is 12.1. The van der Waals surface area contributed by atoms with Crippen LogP contribution in [0.5, 0.6) is 0 Å². The highest BCUT2D eigenvalue weighted by molar-refractivity contribution is 6.67. The molecule has 28 heavy (non-hydrogen) atoms. The molecule has 5 atom stereocenters. The number of ether oxygens (including phenoxy) is 6. The minimum absolute atomic E-state index is 0.529. The smallest absolute Gasteiger partial charge is 0.339 e. The number of esters is 4. The first-order chi connectivity index (χ1) is 12.9. The molecule has 0 bridgehead atoms. The van der Waals surface area contributed by atoms with Crippen LogP contribution < -0.4 is 0 Å². The number of methoxy groups -OCH3 is 1. The van der Waals surface area contributed by atoms with E-state index in [1.807, 2.05) is 0 Å². The molecule has 1 rings (SSSR count). The summed E-state index contributed by atoms with van der Waals surface area (Å²) in [6.07, 6.45) is -7.50. The van der Waals surface area contributed by atoms with Gasteiger partial charge in [-0.05, 0) is 0 Å². The average molecular weight is 466 g/mol. The van der Waals surface area contributed by atoms with Crippen LogP contribution in [0.1, 0.15) is 20.8 Å². The summed E-state index contributed by atoms with van der Waals surface area (Å²) in [5.41, 5.74) is 0. The van der Waals surface area contributed by atoms with E-state index in [1.165, 1.54) is 0 Å². The molecule has 1 aliphatic rings. The predicted octanol–water partition coefficient (Wildman–Crippen LogP) is 1.07. The van der Waals surface area contributed by atoms with E-state index in [4.69, 9.17) is 58.5 Å². The summed E-state index contributed by atoms with van der Waals surface area (Å²) in [6.45, 7) is 2.67. The van der Waals surface area contributed by atoms with E-state index in [0.29, 0.717) is 0 Å². The van der Waals surface area contributed by atoms with Gasteiger partial charge in [-0.1, -0.05) is 34.8 Å². The molecule has 13 heteroatoms. The Labute approximate surface area is 175 Å². The van der Waals surface area contributed by atoms with Crippen LogP contribution in [0.15, 0.2) is 0 Å². The van der Waals surface area contributed by atoms with Gasteiger partial charge < -0.3 is 28.4 Å². The lowest BCUT2D eigenvalue weighted by molar-refractivity contribution is -0.301. The summed E-state index contributed by atoms with van der Waals surface area (Å²) < 4.78 is 28.9. The summed E-state index contributed by atoms with van der Waals surface area (Å²) in [5, 5.41) is 0. The van der Waals surface area contributed by atoms with Gasteiger partial charge >= 0.3 is 23.9 Å². The molecule has 0 aromatic carbocycles. The molecule has 0 radical (unpaired) electrons. The van der Waals surface area contributed by atoms with E-state index in [1.54, 1.807) is 0 Å². The molecular formula is C15H19Cl3O10. The molecule has 1 heterocycles. The van der Waals surface area contributed by atoms with Crippen LogP contribution in [0, 0.1) is 0 Å². The monoisotopic (exact) mass is 464 g/mol. The quantitative estimate of drug-likeness (QED) is 0.319. The van der Waals surface area contributed by atoms with Crippen LogP contribution >= 0.6 is 34.8 Å². The Morgan fingerprint density at radius 2 is 1.32 bits per heavy atom. The highest BCUT2D eigenvalue weighted by Crippen LogP contribution is 2.33. The van der Waals surface area contributed by atoms with Crippen molar-refractivity contribution in [2.24, 2.45) is 0 Å². The normalized spacial score (nSPS) is 27.5. The van der Waals surface area contributed by atoms with Gasteiger partial charge in [-0.2, -0.15) is 0 Å². The Morgan fingerprint density at radius 1 is 0.857 bits per heavy atom. The van der Waals surface area contributed by atoms with Gasteiger partial charge in [-0.3, -0.25) is 14.4 Å². The van der Waals surface area contributed by atoms with Gasteiger partial charge in [0, 0.05) is 20.8 Å². The van der Waals surface area contributed by atoms with Crippen LogP contribution in [-0.2, 0) is 47.6 Å². The summed E-state index contributed by atoms with van der Waals surface area (Å²) in [7, 11) is 1.06. The molecular weight excluding hydrogens is 447 g/mol. The maximum Gasteiger partial charge on any atom is 0.339 e. The molecule has 0 spiro atoms. The fraction of sp³-hybridized carbons (Fsp3) is 0.733. The van der Waals surface area contributed by atoms with Crippen molar-refractivity contribution in [3.8, 4) is 0 Å². The second-order valence-corrected chi connectivity index (χ2v) is 8.11. The summed E-state index contributed by atoms with van der Waals surface area (Å²) >= 11 is 16.9. The molecule has 10 nitrogen and oxygen atoms in total. The van der Waals surface area contributed by atoms with Crippen molar-refractivity contribution in [2.45, 2.75) is 55.3 Å². The van der Waals surface area contributed by atoms with Crippen LogP contribution in [0.25, 0.3) is 0 Å². The zero-order valence-corrected chi connectivity index (χ0v) is 17.6. The molecule has 2 unspecified atom stereocenters. The number of carbonyl (C=O) groups is 4. The van der Waals surface area contributed by atoms with Crippen molar-refractivity contribution in [1.82, 2.24) is 0 Å². The van der Waals surface area contributed by atoms with Crippen LogP contribution in [0.3, 0.4) is 0 Å². The highest BCUT2D eigenvalue weighted by atomic mass is 35.6. The van der Waals surface area contributed by atoms with E-state index >= 15 is 0 Å². The van der Waals surface area contributed by atoms with Crippen LogP contribution in [0.2, 0.25) is 0 Å². The van der Waals surface area contributed by atoms with Gasteiger partial charge in [0.1, 0.15) is 0 Å². The number of alkyl halides is 3. The largest absolute Gasteiger partial charge is 0.467 e. The van der Waals surface area contributed by atoms with Gasteiger partial charge in [0.2, 0.25) is 3.79 Å². The predicted molar refractivity (Wildman–Crippen MR) is 93.6 cm³/mol. The fourth-order valence-electron chi connectivity index (χ4n) is 2.39. The molecule has 0 saturated carbocycles. The lowest BCUT2D eigenvalue weighted by Crippen LogP contribution is -2.64. The first-order valence-corrected chi connectivity index (χ1v) is 8.92. The third kappa shape index (κ3) is 7.59. The summed E-state index contributed by atoms with van der Waals surface area (Å²) in [6, 6.07) is 0. The maximum absolute atomic E-state index is 12.1. The molecule has 1 saturated heterocycles. The molecule has 0 N–H and O–H groups in total. The van der Waals surface area contributed by atoms with Gasteiger partial charge in [0.25, 0.3) is 0 Å². The zero-order chi connectivity index (χ0) is 21.6. The average Bonchev–Trinajstić information content (AvgIpc) is 2.54. The Hall–Kier alpha value is -1.33. The molecule has 0 aliphatic carbocycles. The van der Waals surface area contributed by atoms with Crippen molar-refractivity contribution in [3.63, 3.8) is 0 Å². The minimum atomic E-state index is -1.87. The number of halogens is 3. The Bertz CT molecular complexity index is 605. The van der Waals surface area contributed by atoms with Crippen LogP contribution in [-0.4, -0.2) is 72.1 Å². The number of carbonyl (C=O) groups excluding carboxylic acids is 4. The van der Waals surface area contributed by atoms with E-state index in [-0.39, 0.29) is 0 Å². The van der Waals surface area contributed by atoms with E-state index in [2.05, 4.69) is 4.74 Å². The highest BCUT2D eigenvalue weighted by Gasteiger charge is 2.55. The van der Waals surface area contributed by atoms with Gasteiger partial charge in [-0.25, -0.2) is 4.79 Å². The van der Waals surface area contributed by atoms with Crippen molar-refractivity contribution < 1.29 is 47.6 Å². The van der Waals surface area contributed by atoms with Crippen LogP contribution in [0.4, 0.5) is 0 Å². The van der Waals surface area contributed by atoms with E-state index in [0.717, 1.165) is 27.9 Å².